The van der Waals surface area contributed by atoms with Crippen molar-refractivity contribution in [2.75, 3.05) is 13.2 Å². The fourth-order valence-electron chi connectivity index (χ4n) is 2.38. The maximum Gasteiger partial charge on any atom is 0.261 e. The second kappa shape index (κ2) is 7.51. The summed E-state index contributed by atoms with van der Waals surface area (Å²) in [5, 5.41) is 2.46. The van der Waals surface area contributed by atoms with Crippen LogP contribution in [-0.2, 0) is 0 Å². The van der Waals surface area contributed by atoms with Crippen molar-refractivity contribution in [2.24, 2.45) is 5.73 Å². The molecule has 2 N–H and O–H groups in total. The largest absolute Gasteiger partial charge is 0.489 e. The first kappa shape index (κ1) is 17.2. The highest BCUT2D eigenvalue weighted by Crippen LogP contribution is 2.21. The molecule has 1 aromatic heterocycles. The van der Waals surface area contributed by atoms with Crippen LogP contribution in [0.1, 0.15) is 10.4 Å². The van der Waals surface area contributed by atoms with Gasteiger partial charge in [-0.3, -0.25) is 9.36 Å². The lowest BCUT2D eigenvalue weighted by molar-refractivity contribution is 0.0960. The number of nitrogens with two attached hydrogens (primary N) is 1. The lowest BCUT2D eigenvalue weighted by atomic mass is 10.2. The number of ether oxygens (including phenoxy) is 1. The van der Waals surface area contributed by atoms with Gasteiger partial charge in [-0.15, -0.1) is 0 Å². The summed E-state index contributed by atoms with van der Waals surface area (Å²) in [5.74, 6) is 0.374. The highest BCUT2D eigenvalue weighted by atomic mass is 35.5. The van der Waals surface area contributed by atoms with Crippen molar-refractivity contribution >= 4 is 28.3 Å². The SMILES string of the molecule is NC/C(=C\F)COc1ccc(C(=O)n2cc3ccc(Cl)cc3c2)cc1. The predicted octanol–water partition coefficient (Wildman–Crippen LogP) is 4.17. The van der Waals surface area contributed by atoms with E-state index in [1.807, 2.05) is 12.1 Å². The van der Waals surface area contributed by atoms with E-state index in [9.17, 15) is 9.18 Å². The predicted molar refractivity (Wildman–Crippen MR) is 96.9 cm³/mol. The Hall–Kier alpha value is -2.63. The maximum absolute atomic E-state index is 12.6. The van der Waals surface area contributed by atoms with Crippen molar-refractivity contribution in [1.29, 1.82) is 0 Å². The molecule has 0 spiro atoms. The van der Waals surface area contributed by atoms with Crippen LogP contribution in [0.3, 0.4) is 0 Å². The molecular formula is C19H16ClFN2O2. The van der Waals surface area contributed by atoms with Gasteiger partial charge in [0, 0.05) is 40.5 Å². The van der Waals surface area contributed by atoms with E-state index in [0.717, 1.165) is 10.8 Å². The van der Waals surface area contributed by atoms with Crippen LogP contribution in [0.5, 0.6) is 5.75 Å². The van der Waals surface area contributed by atoms with Gasteiger partial charge in [-0.05, 0) is 41.8 Å². The lowest BCUT2D eigenvalue weighted by Gasteiger charge is -2.08. The molecule has 0 fully saturated rings. The van der Waals surface area contributed by atoms with Crippen molar-refractivity contribution in [3.8, 4) is 5.75 Å². The molecule has 0 bridgehead atoms. The topological polar surface area (TPSA) is 57.2 Å². The zero-order valence-corrected chi connectivity index (χ0v) is 14.0. The summed E-state index contributed by atoms with van der Waals surface area (Å²) >= 11 is 5.97. The molecule has 25 heavy (non-hydrogen) atoms. The van der Waals surface area contributed by atoms with Crippen molar-refractivity contribution in [3.63, 3.8) is 0 Å². The van der Waals surface area contributed by atoms with Crippen molar-refractivity contribution in [2.45, 2.75) is 0 Å². The Bertz CT molecular complexity index is 932. The average molecular weight is 359 g/mol. The molecular weight excluding hydrogens is 343 g/mol. The zero-order valence-electron chi connectivity index (χ0n) is 13.3. The van der Waals surface area contributed by atoms with Crippen LogP contribution < -0.4 is 10.5 Å². The van der Waals surface area contributed by atoms with E-state index in [2.05, 4.69) is 0 Å². The summed E-state index contributed by atoms with van der Waals surface area (Å²) in [5.41, 5.74) is 6.24. The third-order valence-electron chi connectivity index (χ3n) is 3.78. The number of carbonyl (C=O) groups excluding carboxylic acids is 1. The second-order valence-electron chi connectivity index (χ2n) is 5.53. The van der Waals surface area contributed by atoms with Crippen molar-refractivity contribution < 1.29 is 13.9 Å². The maximum atomic E-state index is 12.6. The Morgan fingerprint density at radius 1 is 1.16 bits per heavy atom. The number of benzene rings is 2. The van der Waals surface area contributed by atoms with Crippen LogP contribution >= 0.6 is 11.6 Å². The van der Waals surface area contributed by atoms with Crippen LogP contribution in [0.4, 0.5) is 4.39 Å². The molecule has 2 aromatic carbocycles. The Morgan fingerprint density at radius 2 is 1.88 bits per heavy atom. The number of hydrogen-bond acceptors (Lipinski definition) is 3. The quantitative estimate of drug-likeness (QED) is 0.744. The van der Waals surface area contributed by atoms with Crippen molar-refractivity contribution in [3.05, 3.63) is 77.3 Å². The number of hydrogen-bond donors (Lipinski definition) is 1. The lowest BCUT2D eigenvalue weighted by Crippen LogP contribution is -2.11. The molecule has 128 valence electrons. The molecule has 4 nitrogen and oxygen atoms in total. The smallest absolute Gasteiger partial charge is 0.261 e. The molecule has 0 amide bonds. The Morgan fingerprint density at radius 3 is 2.56 bits per heavy atom. The molecule has 0 aliphatic carbocycles. The monoisotopic (exact) mass is 358 g/mol. The fourth-order valence-corrected chi connectivity index (χ4v) is 2.56. The molecule has 0 aliphatic heterocycles. The van der Waals surface area contributed by atoms with Crippen LogP contribution in [0.2, 0.25) is 5.02 Å². The number of nitrogens with zero attached hydrogens (tertiary/aromatic N) is 1. The van der Waals surface area contributed by atoms with E-state index in [0.29, 0.717) is 28.2 Å². The Kier molecular flexibility index (Phi) is 5.16. The van der Waals surface area contributed by atoms with Gasteiger partial charge in [-0.25, -0.2) is 4.39 Å². The first-order valence-corrected chi connectivity index (χ1v) is 8.01. The standard InChI is InChI=1S/C19H16ClFN2O2/c20-17-4-1-15-10-23(11-16(15)7-17)19(24)14-2-5-18(6-3-14)25-12-13(8-21)9-22/h1-8,10-11H,9,12,22H2/b13-8+. The van der Waals surface area contributed by atoms with E-state index in [1.54, 1.807) is 42.7 Å². The molecule has 0 unspecified atom stereocenters. The fraction of sp³-hybridized carbons (Fsp3) is 0.105. The molecule has 1 heterocycles. The molecule has 3 rings (SSSR count). The highest BCUT2D eigenvalue weighted by Gasteiger charge is 2.10. The van der Waals surface area contributed by atoms with E-state index in [-0.39, 0.29) is 19.1 Å². The third kappa shape index (κ3) is 3.90. The van der Waals surface area contributed by atoms with Gasteiger partial charge in [0.05, 0.1) is 6.33 Å². The number of rotatable bonds is 5. The summed E-state index contributed by atoms with van der Waals surface area (Å²) in [6, 6.07) is 12.1. The summed E-state index contributed by atoms with van der Waals surface area (Å²) in [4.78, 5) is 12.6. The molecule has 0 saturated heterocycles. The summed E-state index contributed by atoms with van der Waals surface area (Å²) < 4.78 is 19.4. The summed E-state index contributed by atoms with van der Waals surface area (Å²) in [6.07, 6.45) is 3.95. The minimum absolute atomic E-state index is 0.0735. The summed E-state index contributed by atoms with van der Waals surface area (Å²) in [6.45, 7) is 0.169. The Labute approximate surface area is 149 Å². The molecule has 0 radical (unpaired) electrons. The number of carbonyl (C=O) groups is 1. The van der Waals surface area contributed by atoms with Gasteiger partial charge in [0.25, 0.3) is 5.91 Å². The minimum Gasteiger partial charge on any atom is -0.489 e. The van der Waals surface area contributed by atoms with Gasteiger partial charge in [-0.1, -0.05) is 17.7 Å². The van der Waals surface area contributed by atoms with Gasteiger partial charge in [0.1, 0.15) is 12.4 Å². The van der Waals surface area contributed by atoms with Gasteiger partial charge < -0.3 is 10.5 Å². The summed E-state index contributed by atoms with van der Waals surface area (Å²) in [7, 11) is 0. The molecule has 0 aliphatic rings. The first-order chi connectivity index (χ1) is 12.1. The van der Waals surface area contributed by atoms with E-state index < -0.39 is 0 Å². The van der Waals surface area contributed by atoms with Crippen LogP contribution in [0.15, 0.2) is 66.8 Å². The second-order valence-corrected chi connectivity index (χ2v) is 5.96. The van der Waals surface area contributed by atoms with Gasteiger partial charge >= 0.3 is 0 Å². The third-order valence-corrected chi connectivity index (χ3v) is 4.02. The normalized spacial score (nSPS) is 11.7. The van der Waals surface area contributed by atoms with Crippen LogP contribution in [0.25, 0.3) is 10.8 Å². The number of fused-ring (bicyclic) bond motifs is 1. The van der Waals surface area contributed by atoms with E-state index in [1.165, 1.54) is 4.57 Å². The molecule has 3 aromatic rings. The highest BCUT2D eigenvalue weighted by molar-refractivity contribution is 6.31. The average Bonchev–Trinajstić information content (AvgIpc) is 3.05. The zero-order chi connectivity index (χ0) is 17.8. The number of halogens is 2. The molecule has 0 atom stereocenters. The van der Waals surface area contributed by atoms with Crippen LogP contribution in [-0.4, -0.2) is 23.6 Å². The first-order valence-electron chi connectivity index (χ1n) is 7.63. The molecule has 6 heteroatoms. The van der Waals surface area contributed by atoms with Gasteiger partial charge in [-0.2, -0.15) is 0 Å². The van der Waals surface area contributed by atoms with E-state index >= 15 is 0 Å². The minimum atomic E-state index is -0.162. The van der Waals surface area contributed by atoms with Crippen molar-refractivity contribution in [1.82, 2.24) is 4.57 Å². The van der Waals surface area contributed by atoms with Gasteiger partial charge in [0.15, 0.2) is 0 Å². The van der Waals surface area contributed by atoms with Crippen LogP contribution in [0, 0.1) is 0 Å². The van der Waals surface area contributed by atoms with E-state index in [4.69, 9.17) is 22.1 Å². The number of aromatic nitrogens is 1. The molecule has 0 saturated carbocycles. The Balaban J connectivity index is 1.75. The van der Waals surface area contributed by atoms with Gasteiger partial charge in [0.2, 0.25) is 0 Å².